The van der Waals surface area contributed by atoms with Gasteiger partial charge in [-0.15, -0.1) is 11.8 Å². The van der Waals surface area contributed by atoms with E-state index in [-0.39, 0.29) is 17.3 Å². The van der Waals surface area contributed by atoms with Crippen LogP contribution in [0.4, 0.5) is 11.4 Å². The second-order valence-electron chi connectivity index (χ2n) is 6.05. The lowest BCUT2D eigenvalue weighted by Crippen LogP contribution is -2.28. The first-order valence-corrected chi connectivity index (χ1v) is 9.21. The number of nitro benzene ring substituents is 1. The highest BCUT2D eigenvalue weighted by atomic mass is 32.2. The van der Waals surface area contributed by atoms with Crippen LogP contribution < -0.4 is 9.64 Å². The molecule has 138 valence electrons. The molecule has 26 heavy (non-hydrogen) atoms. The molecule has 6 nitrogen and oxygen atoms in total. The van der Waals surface area contributed by atoms with E-state index in [4.69, 9.17) is 4.74 Å². The van der Waals surface area contributed by atoms with Gasteiger partial charge in [0.1, 0.15) is 0 Å². The molecule has 0 saturated heterocycles. The Morgan fingerprint density at radius 3 is 2.42 bits per heavy atom. The van der Waals surface area contributed by atoms with Crippen LogP contribution in [0.2, 0.25) is 0 Å². The number of benzene rings is 2. The molecule has 0 heterocycles. The highest BCUT2D eigenvalue weighted by Crippen LogP contribution is 2.29. The van der Waals surface area contributed by atoms with Crippen molar-refractivity contribution in [3.63, 3.8) is 0 Å². The quantitative estimate of drug-likeness (QED) is 0.538. The minimum atomic E-state index is -0.466. The van der Waals surface area contributed by atoms with E-state index >= 15 is 0 Å². The Morgan fingerprint density at radius 2 is 1.85 bits per heavy atom. The zero-order valence-corrected chi connectivity index (χ0v) is 16.1. The third kappa shape index (κ3) is 4.98. The van der Waals surface area contributed by atoms with E-state index in [1.165, 1.54) is 24.9 Å². The van der Waals surface area contributed by atoms with Crippen molar-refractivity contribution < 1.29 is 14.5 Å². The Kier molecular flexibility index (Phi) is 6.63. The topological polar surface area (TPSA) is 72.7 Å². The average Bonchev–Trinajstić information content (AvgIpc) is 2.59. The molecule has 0 saturated carbocycles. The number of nitrogens with zero attached hydrogens (tertiary/aromatic N) is 2. The molecule has 0 aliphatic heterocycles. The monoisotopic (exact) mass is 374 g/mol. The van der Waals surface area contributed by atoms with Gasteiger partial charge in [-0.3, -0.25) is 14.9 Å². The Hall–Kier alpha value is -2.54. The van der Waals surface area contributed by atoms with Gasteiger partial charge in [0, 0.05) is 24.6 Å². The maximum Gasteiger partial charge on any atom is 0.311 e. The van der Waals surface area contributed by atoms with Crippen LogP contribution in [0.1, 0.15) is 16.7 Å². The second-order valence-corrected chi connectivity index (χ2v) is 7.04. The summed E-state index contributed by atoms with van der Waals surface area (Å²) in [5, 5.41) is 11.1. The van der Waals surface area contributed by atoms with Gasteiger partial charge in [0.15, 0.2) is 5.75 Å². The summed E-state index contributed by atoms with van der Waals surface area (Å²) in [5.74, 6) is 1.03. The first kappa shape index (κ1) is 19.8. The van der Waals surface area contributed by atoms with Gasteiger partial charge in [-0.2, -0.15) is 0 Å². The van der Waals surface area contributed by atoms with Gasteiger partial charge in [-0.05, 0) is 48.7 Å². The summed E-state index contributed by atoms with van der Waals surface area (Å²) in [6.45, 7) is 4.00. The Bertz CT molecular complexity index is 803. The van der Waals surface area contributed by atoms with E-state index in [0.717, 1.165) is 22.4 Å². The number of amides is 1. The molecule has 0 radical (unpaired) electrons. The van der Waals surface area contributed by atoms with Gasteiger partial charge >= 0.3 is 5.69 Å². The summed E-state index contributed by atoms with van der Waals surface area (Å²) in [7, 11) is 3.16. The van der Waals surface area contributed by atoms with Crippen molar-refractivity contribution in [2.45, 2.75) is 19.6 Å². The SMILES string of the molecule is COc1ccc(CSCC(=O)N(C)c2cc(C)cc(C)c2)cc1[N+](=O)[O-]. The molecule has 0 spiro atoms. The van der Waals surface area contributed by atoms with Crippen LogP contribution >= 0.6 is 11.8 Å². The van der Waals surface area contributed by atoms with Crippen LogP contribution in [0.25, 0.3) is 0 Å². The summed E-state index contributed by atoms with van der Waals surface area (Å²) in [4.78, 5) is 24.7. The zero-order chi connectivity index (χ0) is 19.3. The van der Waals surface area contributed by atoms with Crippen molar-refractivity contribution >= 4 is 29.0 Å². The number of ether oxygens (including phenoxy) is 1. The summed E-state index contributed by atoms with van der Waals surface area (Å²) in [6.07, 6.45) is 0. The van der Waals surface area contributed by atoms with E-state index in [2.05, 4.69) is 6.07 Å². The lowest BCUT2D eigenvalue weighted by molar-refractivity contribution is -0.385. The fraction of sp³-hybridized carbons (Fsp3) is 0.316. The molecule has 0 aromatic heterocycles. The van der Waals surface area contributed by atoms with Gasteiger partial charge < -0.3 is 9.64 Å². The standard InChI is InChI=1S/C19H22N2O4S/c1-13-7-14(2)9-16(8-13)20(3)19(22)12-26-11-15-5-6-18(25-4)17(10-15)21(23)24/h5-10H,11-12H2,1-4H3. The van der Waals surface area contributed by atoms with Crippen molar-refractivity contribution in [1.29, 1.82) is 0 Å². The van der Waals surface area contributed by atoms with Crippen LogP contribution in [0.15, 0.2) is 36.4 Å². The normalized spacial score (nSPS) is 10.5. The van der Waals surface area contributed by atoms with E-state index in [9.17, 15) is 14.9 Å². The molecule has 2 rings (SSSR count). The van der Waals surface area contributed by atoms with Crippen LogP contribution in [0, 0.1) is 24.0 Å². The largest absolute Gasteiger partial charge is 0.490 e. The van der Waals surface area contributed by atoms with E-state index in [1.807, 2.05) is 26.0 Å². The predicted octanol–water partition coefficient (Wildman–Crippen LogP) is 4.12. The number of carbonyl (C=O) groups is 1. The molecule has 0 aliphatic rings. The number of rotatable bonds is 7. The average molecular weight is 374 g/mol. The number of carbonyl (C=O) groups excluding carboxylic acids is 1. The highest BCUT2D eigenvalue weighted by molar-refractivity contribution is 7.99. The maximum atomic E-state index is 12.4. The number of aryl methyl sites for hydroxylation is 2. The molecule has 0 aliphatic carbocycles. The van der Waals surface area contributed by atoms with Crippen molar-refractivity contribution in [1.82, 2.24) is 0 Å². The molecule has 1 amide bonds. The number of nitro groups is 1. The summed E-state index contributed by atoms with van der Waals surface area (Å²) in [6, 6.07) is 10.9. The molecule has 0 fully saturated rings. The molecule has 0 atom stereocenters. The van der Waals surface area contributed by atoms with Crippen LogP contribution in [0.5, 0.6) is 5.75 Å². The van der Waals surface area contributed by atoms with Crippen LogP contribution in [-0.4, -0.2) is 30.7 Å². The molecule has 2 aromatic rings. The van der Waals surface area contributed by atoms with Crippen molar-refractivity contribution in [2.75, 3.05) is 24.8 Å². The third-order valence-electron chi connectivity index (χ3n) is 3.90. The second kappa shape index (κ2) is 8.71. The first-order chi connectivity index (χ1) is 12.3. The van der Waals surface area contributed by atoms with Crippen LogP contribution in [0.3, 0.4) is 0 Å². The number of thioether (sulfide) groups is 1. The summed E-state index contributed by atoms with van der Waals surface area (Å²) in [5.41, 5.74) is 3.80. The minimum absolute atomic E-state index is 0.0111. The number of hydrogen-bond acceptors (Lipinski definition) is 5. The van der Waals surface area contributed by atoms with Crippen molar-refractivity contribution in [3.8, 4) is 5.75 Å². The fourth-order valence-electron chi connectivity index (χ4n) is 2.61. The lowest BCUT2D eigenvalue weighted by Gasteiger charge is -2.18. The Morgan fingerprint density at radius 1 is 1.19 bits per heavy atom. The van der Waals surface area contributed by atoms with E-state index in [0.29, 0.717) is 11.5 Å². The smallest absolute Gasteiger partial charge is 0.311 e. The van der Waals surface area contributed by atoms with Gasteiger partial charge in [-0.25, -0.2) is 0 Å². The number of anilines is 1. The number of methoxy groups -OCH3 is 1. The molecule has 0 N–H and O–H groups in total. The molecule has 0 unspecified atom stereocenters. The van der Waals surface area contributed by atoms with Gasteiger partial charge in [0.05, 0.1) is 17.8 Å². The van der Waals surface area contributed by atoms with Crippen LogP contribution in [-0.2, 0) is 10.5 Å². The Labute approximate surface area is 157 Å². The third-order valence-corrected chi connectivity index (χ3v) is 4.89. The maximum absolute atomic E-state index is 12.4. The van der Waals surface area contributed by atoms with Crippen molar-refractivity contribution in [2.24, 2.45) is 0 Å². The van der Waals surface area contributed by atoms with E-state index < -0.39 is 4.92 Å². The van der Waals surface area contributed by atoms with Crippen molar-refractivity contribution in [3.05, 3.63) is 63.2 Å². The molecule has 0 bridgehead atoms. The Balaban J connectivity index is 1.97. The van der Waals surface area contributed by atoms with Gasteiger partial charge in [0.25, 0.3) is 0 Å². The molecule has 7 heteroatoms. The van der Waals surface area contributed by atoms with Gasteiger partial charge in [-0.1, -0.05) is 12.1 Å². The fourth-order valence-corrected chi connectivity index (χ4v) is 3.49. The zero-order valence-electron chi connectivity index (χ0n) is 15.3. The summed E-state index contributed by atoms with van der Waals surface area (Å²) >= 11 is 1.43. The predicted molar refractivity (Wildman–Crippen MR) is 105 cm³/mol. The molecular formula is C19H22N2O4S. The number of hydrogen-bond donors (Lipinski definition) is 0. The van der Waals surface area contributed by atoms with E-state index in [1.54, 1.807) is 24.1 Å². The van der Waals surface area contributed by atoms with Gasteiger partial charge in [0.2, 0.25) is 5.91 Å². The highest BCUT2D eigenvalue weighted by Gasteiger charge is 2.16. The minimum Gasteiger partial charge on any atom is -0.490 e. The molecule has 2 aromatic carbocycles. The molecular weight excluding hydrogens is 352 g/mol. The summed E-state index contributed by atoms with van der Waals surface area (Å²) < 4.78 is 4.99. The lowest BCUT2D eigenvalue weighted by atomic mass is 10.1. The first-order valence-electron chi connectivity index (χ1n) is 8.05.